The zero-order valence-electron chi connectivity index (χ0n) is 30.8. The zero-order valence-corrected chi connectivity index (χ0v) is 30.8. The maximum Gasteiger partial charge on any atom is 0.323 e. The molecule has 1 heterocycles. The number of carbonyl (C=O) groups excluding carboxylic acids is 3. The van der Waals surface area contributed by atoms with Gasteiger partial charge in [0.15, 0.2) is 0 Å². The minimum Gasteiger partial charge on any atom is -0.426 e. The number of hydrogen-bond acceptors (Lipinski definition) is 5. The van der Waals surface area contributed by atoms with Crippen LogP contribution in [0.3, 0.4) is 0 Å². The van der Waals surface area contributed by atoms with Crippen molar-refractivity contribution < 1.29 is 19.1 Å². The number of ether oxygens (including phenoxy) is 1. The van der Waals surface area contributed by atoms with Crippen molar-refractivity contribution in [2.75, 3.05) is 0 Å². The monoisotopic (exact) mass is 738 g/mol. The molecule has 2 amide bonds. The molecule has 7 aromatic rings. The number of carbonyl (C=O) groups is 3. The van der Waals surface area contributed by atoms with Gasteiger partial charge in [0.05, 0.1) is 17.9 Å². The Morgan fingerprint density at radius 3 is 1.55 bits per heavy atom. The van der Waals surface area contributed by atoms with E-state index < -0.39 is 23.8 Å². The quantitative estimate of drug-likeness (QED) is 0.0825. The molecule has 7 rings (SSSR count). The van der Waals surface area contributed by atoms with E-state index >= 15 is 0 Å². The van der Waals surface area contributed by atoms with Gasteiger partial charge in [-0.25, -0.2) is 4.98 Å². The summed E-state index contributed by atoms with van der Waals surface area (Å²) < 4.78 is 7.83. The predicted molar refractivity (Wildman–Crippen MR) is 217 cm³/mol. The number of nitrogens with zero attached hydrogens (tertiary/aromatic N) is 2. The van der Waals surface area contributed by atoms with Crippen molar-refractivity contribution in [2.24, 2.45) is 0 Å². The average molecular weight is 739 g/mol. The number of hydrogen-bond donors (Lipinski definition) is 2. The molecular weight excluding hydrogens is 697 g/mol. The smallest absolute Gasteiger partial charge is 0.323 e. The molecule has 0 unspecified atom stereocenters. The first-order valence-electron chi connectivity index (χ1n) is 18.6. The van der Waals surface area contributed by atoms with E-state index in [0.29, 0.717) is 18.0 Å². The number of esters is 1. The second-order valence-electron chi connectivity index (χ2n) is 13.6. The SMILES string of the molecule is O=C(N[C@H](Cc1cn(Cc2ccccc2)cn1)C(=O)NCc1ccc(OC(=O)C(c2ccccc2)c2ccccc2)cc1)C(c1ccccc1)c1ccccc1. The van der Waals surface area contributed by atoms with Crippen LogP contribution in [-0.4, -0.2) is 33.4 Å². The van der Waals surface area contributed by atoms with Crippen LogP contribution in [0.5, 0.6) is 5.75 Å². The highest BCUT2D eigenvalue weighted by Crippen LogP contribution is 2.28. The van der Waals surface area contributed by atoms with Gasteiger partial charge in [-0.1, -0.05) is 164 Å². The summed E-state index contributed by atoms with van der Waals surface area (Å²) in [7, 11) is 0. The number of benzene rings is 6. The predicted octanol–water partition coefficient (Wildman–Crippen LogP) is 7.84. The van der Waals surface area contributed by atoms with E-state index in [4.69, 9.17) is 4.74 Å². The normalized spacial score (nSPS) is 11.5. The Morgan fingerprint density at radius 2 is 1.04 bits per heavy atom. The first-order valence-corrected chi connectivity index (χ1v) is 18.6. The Balaban J connectivity index is 1.05. The van der Waals surface area contributed by atoms with Gasteiger partial charge in [0.25, 0.3) is 0 Å². The number of nitrogens with one attached hydrogen (secondary N) is 2. The molecule has 1 atom stereocenters. The summed E-state index contributed by atoms with van der Waals surface area (Å²) in [5.41, 5.74) is 5.92. The van der Waals surface area contributed by atoms with Crippen molar-refractivity contribution >= 4 is 17.8 Å². The van der Waals surface area contributed by atoms with Gasteiger partial charge in [-0.3, -0.25) is 14.4 Å². The number of amides is 2. The number of aromatic nitrogens is 2. The van der Waals surface area contributed by atoms with Crippen LogP contribution in [0.2, 0.25) is 0 Å². The lowest BCUT2D eigenvalue weighted by Crippen LogP contribution is -2.49. The van der Waals surface area contributed by atoms with Gasteiger partial charge in [0.1, 0.15) is 17.7 Å². The molecule has 0 radical (unpaired) electrons. The van der Waals surface area contributed by atoms with Crippen molar-refractivity contribution in [1.29, 1.82) is 0 Å². The molecular formula is C48H42N4O4. The van der Waals surface area contributed by atoms with E-state index in [1.807, 2.05) is 175 Å². The fraction of sp³-hybridized carbons (Fsp3) is 0.125. The molecule has 0 saturated carbocycles. The van der Waals surface area contributed by atoms with Gasteiger partial charge in [0.2, 0.25) is 11.8 Å². The van der Waals surface area contributed by atoms with Crippen LogP contribution < -0.4 is 15.4 Å². The fourth-order valence-corrected chi connectivity index (χ4v) is 6.77. The molecule has 0 aliphatic heterocycles. The summed E-state index contributed by atoms with van der Waals surface area (Å²) >= 11 is 0. The second-order valence-corrected chi connectivity index (χ2v) is 13.6. The second kappa shape index (κ2) is 18.3. The van der Waals surface area contributed by atoms with Crippen molar-refractivity contribution in [3.05, 3.63) is 228 Å². The molecule has 0 fully saturated rings. The van der Waals surface area contributed by atoms with Crippen LogP contribution in [0.15, 0.2) is 188 Å². The standard InChI is InChI=1S/C48H42N4O4/c53-46(49-31-35-26-28-42(29-27-35)56-48(55)45(39-22-12-4-13-23-39)40-24-14-5-15-25-40)43(30-41-33-52(34-50-41)32-36-16-6-1-7-17-36)51-47(54)44(37-18-8-2-9-19-37)38-20-10-3-11-21-38/h1-29,33-34,43-45H,30-32H2,(H,49,53)(H,51,54)/t43-/m1/s1. The summed E-state index contributed by atoms with van der Waals surface area (Å²) in [5, 5.41) is 6.08. The topological polar surface area (TPSA) is 102 Å². The molecule has 0 aliphatic rings. The zero-order chi connectivity index (χ0) is 38.5. The summed E-state index contributed by atoms with van der Waals surface area (Å²) in [4.78, 5) is 46.3. The molecule has 2 N–H and O–H groups in total. The minimum atomic E-state index is -0.911. The minimum absolute atomic E-state index is 0.189. The first-order chi connectivity index (χ1) is 27.5. The molecule has 0 spiro atoms. The number of imidazole rings is 1. The van der Waals surface area contributed by atoms with E-state index in [9.17, 15) is 14.4 Å². The highest BCUT2D eigenvalue weighted by molar-refractivity contribution is 5.92. The Labute approximate surface area is 326 Å². The molecule has 0 bridgehead atoms. The van der Waals surface area contributed by atoms with E-state index in [1.165, 1.54) is 0 Å². The summed E-state index contributed by atoms with van der Waals surface area (Å²) in [6.07, 6.45) is 3.84. The van der Waals surface area contributed by atoms with Gasteiger partial charge in [-0.05, 0) is 45.5 Å². The summed E-state index contributed by atoms with van der Waals surface area (Å²) in [5.74, 6) is -1.84. The van der Waals surface area contributed by atoms with Gasteiger partial charge >= 0.3 is 5.97 Å². The van der Waals surface area contributed by atoms with E-state index in [-0.39, 0.29) is 24.8 Å². The molecule has 6 aromatic carbocycles. The van der Waals surface area contributed by atoms with Crippen LogP contribution in [0.1, 0.15) is 50.9 Å². The molecule has 0 saturated heterocycles. The Hall–Kier alpha value is -7.06. The van der Waals surface area contributed by atoms with Crippen LogP contribution in [0, 0.1) is 0 Å². The van der Waals surface area contributed by atoms with Crippen molar-refractivity contribution in [1.82, 2.24) is 20.2 Å². The van der Waals surface area contributed by atoms with E-state index in [2.05, 4.69) is 15.6 Å². The average Bonchev–Trinajstić information content (AvgIpc) is 3.68. The van der Waals surface area contributed by atoms with Crippen LogP contribution in [0.4, 0.5) is 0 Å². The van der Waals surface area contributed by atoms with Crippen LogP contribution in [0.25, 0.3) is 0 Å². The summed E-state index contributed by atoms with van der Waals surface area (Å²) in [6, 6.07) is 54.4. The third kappa shape index (κ3) is 9.72. The third-order valence-electron chi connectivity index (χ3n) is 9.58. The van der Waals surface area contributed by atoms with E-state index in [1.54, 1.807) is 18.5 Å². The molecule has 56 heavy (non-hydrogen) atoms. The van der Waals surface area contributed by atoms with Crippen molar-refractivity contribution in [2.45, 2.75) is 37.4 Å². The van der Waals surface area contributed by atoms with E-state index in [0.717, 1.165) is 33.4 Å². The molecule has 1 aromatic heterocycles. The molecule has 0 aliphatic carbocycles. The maximum absolute atomic E-state index is 14.2. The van der Waals surface area contributed by atoms with Gasteiger partial charge in [-0.15, -0.1) is 0 Å². The van der Waals surface area contributed by atoms with Crippen LogP contribution >= 0.6 is 0 Å². The van der Waals surface area contributed by atoms with Crippen molar-refractivity contribution in [3.8, 4) is 5.75 Å². The largest absolute Gasteiger partial charge is 0.426 e. The number of rotatable bonds is 15. The lowest BCUT2D eigenvalue weighted by atomic mass is 9.90. The lowest BCUT2D eigenvalue weighted by Gasteiger charge is -2.23. The fourth-order valence-electron chi connectivity index (χ4n) is 6.77. The Bertz CT molecular complexity index is 2240. The van der Waals surface area contributed by atoms with Crippen molar-refractivity contribution in [3.63, 3.8) is 0 Å². The highest BCUT2D eigenvalue weighted by atomic mass is 16.5. The van der Waals surface area contributed by atoms with Gasteiger partial charge in [-0.2, -0.15) is 0 Å². The van der Waals surface area contributed by atoms with Gasteiger partial charge in [0, 0.05) is 25.7 Å². The summed E-state index contributed by atoms with van der Waals surface area (Å²) in [6.45, 7) is 0.824. The third-order valence-corrected chi connectivity index (χ3v) is 9.58. The lowest BCUT2D eigenvalue weighted by molar-refractivity contribution is -0.135. The Kier molecular flexibility index (Phi) is 12.2. The highest BCUT2D eigenvalue weighted by Gasteiger charge is 2.29. The van der Waals surface area contributed by atoms with Gasteiger partial charge < -0.3 is 19.9 Å². The maximum atomic E-state index is 14.2. The molecule has 8 heteroatoms. The Morgan fingerprint density at radius 1 is 0.554 bits per heavy atom. The molecule has 8 nitrogen and oxygen atoms in total. The first kappa shape index (κ1) is 37.3. The van der Waals surface area contributed by atoms with Crippen LogP contribution in [-0.2, 0) is 33.9 Å². The molecule has 278 valence electrons.